The highest BCUT2D eigenvalue weighted by Gasteiger charge is 2.16. The van der Waals surface area contributed by atoms with Crippen molar-refractivity contribution in [2.45, 2.75) is 0 Å². The van der Waals surface area contributed by atoms with Crippen LogP contribution >= 0.6 is 0 Å². The van der Waals surface area contributed by atoms with Crippen LogP contribution in [0.2, 0.25) is 0 Å². The van der Waals surface area contributed by atoms with Crippen LogP contribution in [0.25, 0.3) is 5.57 Å². The molecule has 1 aromatic heterocycles. The first kappa shape index (κ1) is 13.0. The fraction of sp³-hybridized carbons (Fsp3) is 0.182. The molecule has 0 fully saturated rings. The van der Waals surface area contributed by atoms with Crippen molar-refractivity contribution in [2.75, 3.05) is 24.7 Å². The van der Waals surface area contributed by atoms with E-state index in [2.05, 4.69) is 9.97 Å². The third kappa shape index (κ3) is 2.34. The van der Waals surface area contributed by atoms with Gasteiger partial charge in [0.05, 0.1) is 11.1 Å². The first-order valence-electron chi connectivity index (χ1n) is 4.80. The highest BCUT2D eigenvalue weighted by molar-refractivity contribution is 5.88. The average Bonchev–Trinajstić information content (AvgIpc) is 2.36. The Balaban J connectivity index is 3.62. The van der Waals surface area contributed by atoms with E-state index in [1.807, 2.05) is 6.07 Å². The topological polar surface area (TPSA) is 126 Å². The van der Waals surface area contributed by atoms with E-state index in [9.17, 15) is 0 Å². The lowest BCUT2D eigenvalue weighted by Gasteiger charge is -2.15. The van der Waals surface area contributed by atoms with Gasteiger partial charge >= 0.3 is 0 Å². The Kier molecular flexibility index (Phi) is 3.81. The Morgan fingerprint density at radius 1 is 1.22 bits per heavy atom. The summed E-state index contributed by atoms with van der Waals surface area (Å²) in [7, 11) is 3.41. The van der Waals surface area contributed by atoms with Crippen molar-refractivity contribution in [1.82, 2.24) is 9.97 Å². The second-order valence-corrected chi connectivity index (χ2v) is 3.45. The maximum atomic E-state index is 9.07. The van der Waals surface area contributed by atoms with Gasteiger partial charge < -0.3 is 10.6 Å². The summed E-state index contributed by atoms with van der Waals surface area (Å²) >= 11 is 0. The van der Waals surface area contributed by atoms with Crippen LogP contribution in [0.3, 0.4) is 0 Å². The predicted octanol–water partition coefficient (Wildman–Crippen LogP) is 0.449. The third-order valence-electron chi connectivity index (χ3n) is 2.07. The summed E-state index contributed by atoms with van der Waals surface area (Å²) in [4.78, 5) is 9.38. The summed E-state index contributed by atoms with van der Waals surface area (Å²) < 4.78 is 0. The van der Waals surface area contributed by atoms with Crippen LogP contribution in [0.5, 0.6) is 0 Å². The van der Waals surface area contributed by atoms with Crippen LogP contribution in [-0.2, 0) is 0 Å². The highest BCUT2D eigenvalue weighted by atomic mass is 15.2. The number of hydrogen-bond acceptors (Lipinski definition) is 7. The van der Waals surface area contributed by atoms with Crippen molar-refractivity contribution >= 4 is 17.3 Å². The first-order chi connectivity index (χ1) is 8.54. The Morgan fingerprint density at radius 3 is 2.28 bits per heavy atom. The molecule has 18 heavy (non-hydrogen) atoms. The molecule has 0 aliphatic carbocycles. The molecule has 88 valence electrons. The lowest BCUT2D eigenvalue weighted by molar-refractivity contribution is 1.04. The highest BCUT2D eigenvalue weighted by Crippen LogP contribution is 2.25. The van der Waals surface area contributed by atoms with Crippen molar-refractivity contribution in [3.8, 4) is 18.2 Å². The van der Waals surface area contributed by atoms with Crippen molar-refractivity contribution in [1.29, 1.82) is 15.8 Å². The van der Waals surface area contributed by atoms with E-state index in [4.69, 9.17) is 21.5 Å². The lowest BCUT2D eigenvalue weighted by atomic mass is 10.0. The fourth-order valence-electron chi connectivity index (χ4n) is 1.29. The zero-order valence-corrected chi connectivity index (χ0v) is 9.84. The molecule has 0 bridgehead atoms. The molecule has 7 heteroatoms. The van der Waals surface area contributed by atoms with Gasteiger partial charge in [-0.1, -0.05) is 0 Å². The molecule has 0 radical (unpaired) electrons. The van der Waals surface area contributed by atoms with Gasteiger partial charge in [0.15, 0.2) is 0 Å². The molecule has 0 unspecified atom stereocenters. The van der Waals surface area contributed by atoms with E-state index >= 15 is 0 Å². The molecule has 2 N–H and O–H groups in total. The summed E-state index contributed by atoms with van der Waals surface area (Å²) in [5, 5.41) is 26.7. The molecule has 0 amide bonds. The maximum absolute atomic E-state index is 9.07. The Hall–Kier alpha value is -3.11. The molecule has 7 nitrogen and oxygen atoms in total. The third-order valence-corrected chi connectivity index (χ3v) is 2.07. The van der Waals surface area contributed by atoms with Crippen LogP contribution < -0.4 is 10.6 Å². The van der Waals surface area contributed by atoms with E-state index in [1.54, 1.807) is 31.1 Å². The Bertz CT molecular complexity index is 606. The minimum atomic E-state index is -0.283. The zero-order chi connectivity index (χ0) is 13.7. The van der Waals surface area contributed by atoms with Gasteiger partial charge in [-0.05, 0) is 0 Å². The van der Waals surface area contributed by atoms with Gasteiger partial charge in [0, 0.05) is 20.3 Å². The van der Waals surface area contributed by atoms with Crippen molar-refractivity contribution in [3.63, 3.8) is 0 Å². The number of nitriles is 3. The molecular weight excluding hydrogens is 230 g/mol. The lowest BCUT2D eigenvalue weighted by Crippen LogP contribution is -2.15. The predicted molar refractivity (Wildman–Crippen MR) is 64.5 cm³/mol. The second kappa shape index (κ2) is 5.29. The summed E-state index contributed by atoms with van der Waals surface area (Å²) in [5.74, 6) is 0.428. The van der Waals surface area contributed by atoms with E-state index in [0.29, 0.717) is 11.4 Å². The molecule has 0 spiro atoms. The van der Waals surface area contributed by atoms with Crippen LogP contribution in [0.15, 0.2) is 11.8 Å². The van der Waals surface area contributed by atoms with Crippen LogP contribution in [0.1, 0.15) is 5.56 Å². The molecule has 1 aromatic rings. The summed E-state index contributed by atoms with van der Waals surface area (Å²) in [6.07, 6.45) is 1.32. The quantitative estimate of drug-likeness (QED) is 0.742. The Morgan fingerprint density at radius 2 is 1.83 bits per heavy atom. The van der Waals surface area contributed by atoms with E-state index in [-0.39, 0.29) is 17.1 Å². The number of nitrogens with two attached hydrogens (primary N) is 1. The SMILES string of the molecule is CN(C)c1nc(N)ncc1C(C#N)=C(C#N)C#N. The van der Waals surface area contributed by atoms with E-state index in [0.717, 1.165) is 0 Å². The van der Waals surface area contributed by atoms with Crippen molar-refractivity contribution < 1.29 is 0 Å². The van der Waals surface area contributed by atoms with Gasteiger partial charge in [0.25, 0.3) is 0 Å². The number of nitrogens with zero attached hydrogens (tertiary/aromatic N) is 6. The smallest absolute Gasteiger partial charge is 0.221 e. The number of allylic oxidation sites excluding steroid dienone is 2. The minimum Gasteiger partial charge on any atom is -0.368 e. The minimum absolute atomic E-state index is 0.0511. The van der Waals surface area contributed by atoms with Crippen molar-refractivity contribution in [3.05, 3.63) is 17.3 Å². The Labute approximate surface area is 104 Å². The monoisotopic (exact) mass is 239 g/mol. The largest absolute Gasteiger partial charge is 0.368 e. The molecule has 0 aliphatic heterocycles. The van der Waals surface area contributed by atoms with Crippen molar-refractivity contribution in [2.24, 2.45) is 0 Å². The molecule has 0 atom stereocenters. The molecule has 1 rings (SSSR count). The fourth-order valence-corrected chi connectivity index (χ4v) is 1.29. The average molecular weight is 239 g/mol. The first-order valence-corrected chi connectivity index (χ1v) is 4.80. The maximum Gasteiger partial charge on any atom is 0.221 e. The number of nitrogen functional groups attached to an aromatic ring is 1. The summed E-state index contributed by atoms with van der Waals surface area (Å²) in [6.45, 7) is 0. The van der Waals surface area contributed by atoms with Gasteiger partial charge in [0.1, 0.15) is 29.6 Å². The number of anilines is 2. The van der Waals surface area contributed by atoms with Gasteiger partial charge in [-0.15, -0.1) is 0 Å². The molecule has 0 saturated heterocycles. The second-order valence-electron chi connectivity index (χ2n) is 3.45. The molecule has 0 saturated carbocycles. The molecule has 0 aromatic carbocycles. The van der Waals surface area contributed by atoms with E-state index < -0.39 is 0 Å². The number of aromatic nitrogens is 2. The van der Waals surface area contributed by atoms with E-state index in [1.165, 1.54) is 6.20 Å². The molecule has 0 aliphatic rings. The van der Waals surface area contributed by atoms with Crippen LogP contribution in [-0.4, -0.2) is 24.1 Å². The summed E-state index contributed by atoms with van der Waals surface area (Å²) in [5.41, 5.74) is 5.42. The zero-order valence-electron chi connectivity index (χ0n) is 9.84. The van der Waals surface area contributed by atoms with Crippen LogP contribution in [0, 0.1) is 34.0 Å². The van der Waals surface area contributed by atoms with Gasteiger partial charge in [0.2, 0.25) is 5.95 Å². The molecular formula is C11H9N7. The summed E-state index contributed by atoms with van der Waals surface area (Å²) in [6, 6.07) is 5.17. The number of hydrogen-bond donors (Lipinski definition) is 1. The standard InChI is InChI=1S/C11H9N7/c1-18(2)10-9(6-16-11(15)17-10)8(5-14)7(3-12)4-13/h6H,1-2H3,(H2,15,16,17). The number of rotatable bonds is 2. The normalized spacial score (nSPS) is 8.61. The van der Waals surface area contributed by atoms with Gasteiger partial charge in [-0.3, -0.25) is 0 Å². The van der Waals surface area contributed by atoms with Gasteiger partial charge in [-0.25, -0.2) is 4.98 Å². The van der Waals surface area contributed by atoms with Gasteiger partial charge in [-0.2, -0.15) is 20.8 Å². The molecule has 1 heterocycles. The van der Waals surface area contributed by atoms with Crippen LogP contribution in [0.4, 0.5) is 11.8 Å².